The Kier molecular flexibility index (Phi) is 2.33. The van der Waals surface area contributed by atoms with Crippen LogP contribution in [0.3, 0.4) is 0 Å². The molecule has 0 radical (unpaired) electrons. The fourth-order valence-electron chi connectivity index (χ4n) is 3.65. The number of pyridine rings is 1. The van der Waals surface area contributed by atoms with Crippen LogP contribution in [0.4, 0.5) is 4.39 Å². The second kappa shape index (κ2) is 3.91. The molecule has 0 amide bonds. The third-order valence-corrected chi connectivity index (χ3v) is 4.68. The van der Waals surface area contributed by atoms with Crippen LogP contribution in [-0.2, 0) is 5.41 Å². The normalized spacial score (nSPS) is 15.0. The van der Waals surface area contributed by atoms with Crippen LogP contribution in [0, 0.1) is 12.7 Å². The minimum atomic E-state index is -0.358. The zero-order chi connectivity index (χ0) is 14.8. The zero-order valence-corrected chi connectivity index (χ0v) is 12.4. The standard InChI is InChI=1S/C19H16FN/c1-11-10-21-18-13-7-5-9-15(20)17(13)19(2,3)14-8-4-6-12(11)16(14)18/h4-10H,1-3H3. The van der Waals surface area contributed by atoms with Gasteiger partial charge >= 0.3 is 0 Å². The number of rotatable bonds is 0. The number of benzene rings is 2. The van der Waals surface area contributed by atoms with Crippen molar-refractivity contribution in [3.8, 4) is 11.3 Å². The Morgan fingerprint density at radius 1 is 1.05 bits per heavy atom. The van der Waals surface area contributed by atoms with Crippen LogP contribution in [0.2, 0.25) is 0 Å². The molecule has 3 aromatic rings. The molecule has 0 atom stereocenters. The van der Waals surface area contributed by atoms with Gasteiger partial charge in [0.05, 0.1) is 5.69 Å². The summed E-state index contributed by atoms with van der Waals surface area (Å²) in [5.41, 5.74) is 4.53. The topological polar surface area (TPSA) is 12.9 Å². The van der Waals surface area contributed by atoms with E-state index in [9.17, 15) is 4.39 Å². The lowest BCUT2D eigenvalue weighted by Crippen LogP contribution is -2.25. The molecule has 1 nitrogen and oxygen atoms in total. The van der Waals surface area contributed by atoms with Gasteiger partial charge in [-0.25, -0.2) is 4.39 Å². The predicted octanol–water partition coefficient (Wildman–Crippen LogP) is 4.99. The Bertz CT molecular complexity index is 893. The van der Waals surface area contributed by atoms with Gasteiger partial charge in [0.25, 0.3) is 0 Å². The van der Waals surface area contributed by atoms with E-state index in [2.05, 4.69) is 44.0 Å². The maximum atomic E-state index is 14.5. The molecule has 1 aliphatic rings. The smallest absolute Gasteiger partial charge is 0.127 e. The largest absolute Gasteiger partial charge is 0.255 e. The number of hydrogen-bond acceptors (Lipinski definition) is 1. The molecule has 21 heavy (non-hydrogen) atoms. The van der Waals surface area contributed by atoms with E-state index in [1.165, 1.54) is 10.8 Å². The summed E-state index contributed by atoms with van der Waals surface area (Å²) >= 11 is 0. The maximum Gasteiger partial charge on any atom is 0.127 e. The first-order chi connectivity index (χ1) is 10.0. The van der Waals surface area contributed by atoms with Gasteiger partial charge in [-0.3, -0.25) is 4.98 Å². The van der Waals surface area contributed by atoms with Gasteiger partial charge < -0.3 is 0 Å². The van der Waals surface area contributed by atoms with Crippen molar-refractivity contribution in [3.63, 3.8) is 0 Å². The molecule has 0 N–H and O–H groups in total. The van der Waals surface area contributed by atoms with Gasteiger partial charge in [0.2, 0.25) is 0 Å². The lowest BCUT2D eigenvalue weighted by Gasteiger charge is -2.34. The van der Waals surface area contributed by atoms with E-state index in [4.69, 9.17) is 0 Å². The molecule has 0 saturated heterocycles. The first kappa shape index (κ1) is 12.5. The van der Waals surface area contributed by atoms with Gasteiger partial charge in [0.15, 0.2) is 0 Å². The average molecular weight is 277 g/mol. The summed E-state index contributed by atoms with van der Waals surface area (Å²) in [6.07, 6.45) is 1.88. The van der Waals surface area contributed by atoms with E-state index in [1.54, 1.807) is 12.1 Å². The first-order valence-corrected chi connectivity index (χ1v) is 7.20. The summed E-state index contributed by atoms with van der Waals surface area (Å²) < 4.78 is 14.5. The lowest BCUT2D eigenvalue weighted by molar-refractivity contribution is 0.550. The van der Waals surface area contributed by atoms with Crippen molar-refractivity contribution >= 4 is 10.8 Å². The SMILES string of the molecule is Cc1cnc2c3c(cccc13)C(C)(C)c1c(F)cccc1-2. The molecular formula is C19H16FN. The molecule has 1 aliphatic carbocycles. The average Bonchev–Trinajstić information content (AvgIpc) is 2.46. The Morgan fingerprint density at radius 3 is 2.62 bits per heavy atom. The van der Waals surface area contributed by atoms with Crippen LogP contribution in [0.15, 0.2) is 42.6 Å². The monoisotopic (exact) mass is 277 g/mol. The zero-order valence-electron chi connectivity index (χ0n) is 12.4. The van der Waals surface area contributed by atoms with E-state index in [0.717, 1.165) is 27.9 Å². The highest BCUT2D eigenvalue weighted by atomic mass is 19.1. The van der Waals surface area contributed by atoms with E-state index in [-0.39, 0.29) is 11.2 Å². The molecule has 1 heterocycles. The fourth-order valence-corrected chi connectivity index (χ4v) is 3.65. The van der Waals surface area contributed by atoms with Crippen molar-refractivity contribution in [1.29, 1.82) is 0 Å². The summed E-state index contributed by atoms with van der Waals surface area (Å²) in [5.74, 6) is -0.150. The number of hydrogen-bond donors (Lipinski definition) is 0. The number of fused-ring (bicyclic) bond motifs is 2. The van der Waals surface area contributed by atoms with Crippen molar-refractivity contribution in [2.75, 3.05) is 0 Å². The minimum absolute atomic E-state index is 0.150. The highest BCUT2D eigenvalue weighted by molar-refractivity contribution is 6.02. The van der Waals surface area contributed by atoms with Crippen molar-refractivity contribution in [2.45, 2.75) is 26.2 Å². The quantitative estimate of drug-likeness (QED) is 0.564. The predicted molar refractivity (Wildman–Crippen MR) is 84.0 cm³/mol. The highest BCUT2D eigenvalue weighted by Crippen LogP contribution is 2.48. The van der Waals surface area contributed by atoms with Crippen LogP contribution >= 0.6 is 0 Å². The molecular weight excluding hydrogens is 261 g/mol. The maximum absolute atomic E-state index is 14.5. The molecule has 2 aromatic carbocycles. The fraction of sp³-hybridized carbons (Fsp3) is 0.211. The highest BCUT2D eigenvalue weighted by Gasteiger charge is 2.36. The number of aryl methyl sites for hydroxylation is 1. The Labute approximate surface area is 123 Å². The van der Waals surface area contributed by atoms with Gasteiger partial charge in [-0.05, 0) is 29.5 Å². The molecule has 0 saturated carbocycles. The first-order valence-electron chi connectivity index (χ1n) is 7.20. The molecule has 0 aliphatic heterocycles. The summed E-state index contributed by atoms with van der Waals surface area (Å²) in [4.78, 5) is 4.62. The van der Waals surface area contributed by atoms with E-state index >= 15 is 0 Å². The molecule has 1 aromatic heterocycles. The Hall–Kier alpha value is -2.22. The van der Waals surface area contributed by atoms with Crippen molar-refractivity contribution in [1.82, 2.24) is 4.98 Å². The van der Waals surface area contributed by atoms with Gasteiger partial charge in [-0.2, -0.15) is 0 Å². The van der Waals surface area contributed by atoms with Gasteiger partial charge in [-0.1, -0.05) is 44.2 Å². The molecule has 0 spiro atoms. The molecule has 4 rings (SSSR count). The summed E-state index contributed by atoms with van der Waals surface area (Å²) in [7, 11) is 0. The van der Waals surface area contributed by atoms with Gasteiger partial charge in [-0.15, -0.1) is 0 Å². The second-order valence-electron chi connectivity index (χ2n) is 6.31. The number of aromatic nitrogens is 1. The number of halogens is 1. The van der Waals surface area contributed by atoms with E-state index < -0.39 is 0 Å². The van der Waals surface area contributed by atoms with Crippen LogP contribution in [0.5, 0.6) is 0 Å². The molecule has 2 heteroatoms. The van der Waals surface area contributed by atoms with Crippen molar-refractivity contribution in [3.05, 3.63) is 65.1 Å². The van der Waals surface area contributed by atoms with Crippen molar-refractivity contribution < 1.29 is 4.39 Å². The molecule has 0 unspecified atom stereocenters. The van der Waals surface area contributed by atoms with E-state index in [1.807, 2.05) is 12.3 Å². The third kappa shape index (κ3) is 1.48. The Morgan fingerprint density at radius 2 is 1.81 bits per heavy atom. The number of nitrogens with zero attached hydrogens (tertiary/aromatic N) is 1. The van der Waals surface area contributed by atoms with Crippen LogP contribution in [0.25, 0.3) is 22.0 Å². The summed E-state index contributed by atoms with van der Waals surface area (Å²) in [5, 5.41) is 2.38. The third-order valence-electron chi connectivity index (χ3n) is 4.68. The van der Waals surface area contributed by atoms with Crippen LogP contribution in [0.1, 0.15) is 30.5 Å². The Balaban J connectivity index is 2.29. The summed E-state index contributed by atoms with van der Waals surface area (Å²) in [6, 6.07) is 11.6. The van der Waals surface area contributed by atoms with E-state index in [0.29, 0.717) is 0 Å². The molecule has 0 bridgehead atoms. The molecule has 104 valence electrons. The van der Waals surface area contributed by atoms with Gasteiger partial charge in [0.1, 0.15) is 5.82 Å². The second-order valence-corrected chi connectivity index (χ2v) is 6.31. The lowest BCUT2D eigenvalue weighted by atomic mass is 9.69. The van der Waals surface area contributed by atoms with Crippen LogP contribution in [-0.4, -0.2) is 4.98 Å². The van der Waals surface area contributed by atoms with Crippen molar-refractivity contribution in [2.24, 2.45) is 0 Å². The summed E-state index contributed by atoms with van der Waals surface area (Å²) in [6.45, 7) is 6.26. The molecule has 0 fully saturated rings. The van der Waals surface area contributed by atoms with Crippen LogP contribution < -0.4 is 0 Å². The van der Waals surface area contributed by atoms with Gasteiger partial charge in [0, 0.05) is 28.1 Å². The minimum Gasteiger partial charge on any atom is -0.255 e.